The van der Waals surface area contributed by atoms with Crippen LogP contribution in [0, 0.1) is 0 Å². The van der Waals surface area contributed by atoms with Gasteiger partial charge in [-0.2, -0.15) is 0 Å². The van der Waals surface area contributed by atoms with Gasteiger partial charge in [-0.05, 0) is 38.8 Å². The third-order valence-electron chi connectivity index (χ3n) is 12.0. The highest BCUT2D eigenvalue weighted by Gasteiger charge is 2.22. The number of thiophene rings is 1. The summed E-state index contributed by atoms with van der Waals surface area (Å²) in [5.74, 6) is 1.94. The van der Waals surface area contributed by atoms with Crippen molar-refractivity contribution in [2.75, 3.05) is 0 Å². The van der Waals surface area contributed by atoms with Gasteiger partial charge in [0.25, 0.3) is 0 Å². The van der Waals surface area contributed by atoms with Crippen LogP contribution in [-0.4, -0.2) is 69.9 Å². The van der Waals surface area contributed by atoms with Crippen LogP contribution in [-0.2, 0) is 0 Å². The summed E-state index contributed by atoms with van der Waals surface area (Å²) in [5.41, 5.74) is 19.7. The zero-order valence-electron chi connectivity index (χ0n) is 33.0. The van der Waals surface area contributed by atoms with E-state index in [0.29, 0.717) is 17.5 Å². The fraction of sp³-hybridized carbons (Fsp3) is 0. The van der Waals surface area contributed by atoms with Crippen LogP contribution < -0.4 is 38.2 Å². The SMILES string of the molecule is Bc1c(B)c(B)c2c(sc3c(B)c(B)c(B)c(-c4ccc(-c5nc(-c6ccc(-c7ccccc7)cc6)nc(-c6ccc(-c7ccccc7)cc6)n5)cc4)c32)c1B. The number of aromatic nitrogens is 3. The predicted molar refractivity (Wildman–Crippen MR) is 263 cm³/mol. The molecule has 0 atom stereocenters. The van der Waals surface area contributed by atoms with Gasteiger partial charge in [0.05, 0.1) is 0 Å². The van der Waals surface area contributed by atoms with E-state index in [1.54, 1.807) is 0 Å². The summed E-state index contributed by atoms with van der Waals surface area (Å²) >= 11 is 1.95. The van der Waals surface area contributed by atoms with Gasteiger partial charge < -0.3 is 0 Å². The molecule has 56 heavy (non-hydrogen) atoms. The molecule has 0 aliphatic rings. The Hall–Kier alpha value is -5.78. The Morgan fingerprint density at radius 3 is 1.04 bits per heavy atom. The molecule has 7 aromatic carbocycles. The van der Waals surface area contributed by atoms with E-state index in [1.165, 1.54) is 80.7 Å². The maximum atomic E-state index is 5.11. The van der Waals surface area contributed by atoms with Crippen LogP contribution in [0.4, 0.5) is 0 Å². The molecule has 9 rings (SSSR count). The van der Waals surface area contributed by atoms with Crippen LogP contribution in [0.2, 0.25) is 0 Å². The van der Waals surface area contributed by atoms with Gasteiger partial charge in [-0.3, -0.25) is 0 Å². The monoisotopic (exact) mass is 727 g/mol. The van der Waals surface area contributed by atoms with Gasteiger partial charge in [-0.1, -0.05) is 161 Å². The number of hydrogen-bond acceptors (Lipinski definition) is 4. The molecule has 9 aromatic rings. The third-order valence-corrected chi connectivity index (χ3v) is 13.4. The molecule has 0 radical (unpaired) electrons. The van der Waals surface area contributed by atoms with Crippen molar-refractivity contribution in [3.05, 3.63) is 133 Å². The molecule has 0 fully saturated rings. The third kappa shape index (κ3) is 6.15. The van der Waals surface area contributed by atoms with Crippen molar-refractivity contribution in [2.24, 2.45) is 0 Å². The van der Waals surface area contributed by atoms with Crippen molar-refractivity contribution in [3.8, 4) is 67.5 Å². The Labute approximate surface area is 338 Å². The zero-order valence-corrected chi connectivity index (χ0v) is 33.8. The van der Waals surface area contributed by atoms with E-state index in [2.05, 4.69) is 176 Å². The fourth-order valence-corrected chi connectivity index (χ4v) is 9.58. The second-order valence-corrected chi connectivity index (χ2v) is 16.1. The van der Waals surface area contributed by atoms with E-state index in [0.717, 1.165) is 27.8 Å². The Morgan fingerprint density at radius 1 is 0.286 bits per heavy atom. The lowest BCUT2D eigenvalue weighted by molar-refractivity contribution is 1.07. The first-order valence-corrected chi connectivity index (χ1v) is 20.1. The molecule has 0 spiro atoms. The van der Waals surface area contributed by atoms with Crippen LogP contribution in [0.3, 0.4) is 0 Å². The Balaban J connectivity index is 1.17. The summed E-state index contributed by atoms with van der Waals surface area (Å²) in [6.45, 7) is 0. The molecule has 2 aromatic heterocycles. The normalized spacial score (nSPS) is 11.4. The highest BCUT2D eigenvalue weighted by Crippen LogP contribution is 2.37. The van der Waals surface area contributed by atoms with E-state index in [9.17, 15) is 0 Å². The lowest BCUT2D eigenvalue weighted by atomic mass is 9.64. The van der Waals surface area contributed by atoms with E-state index >= 15 is 0 Å². The molecular formula is C45H36B7N3S. The summed E-state index contributed by atoms with van der Waals surface area (Å²) in [5, 5.41) is 2.78. The van der Waals surface area contributed by atoms with E-state index in [4.69, 9.17) is 15.0 Å². The van der Waals surface area contributed by atoms with Gasteiger partial charge in [-0.15, -0.1) is 22.3 Å². The number of fused-ring (bicyclic) bond motifs is 3. The van der Waals surface area contributed by atoms with Crippen LogP contribution in [0.5, 0.6) is 0 Å². The first kappa shape index (κ1) is 35.9. The van der Waals surface area contributed by atoms with Crippen molar-refractivity contribution < 1.29 is 0 Å². The van der Waals surface area contributed by atoms with Gasteiger partial charge in [0, 0.05) is 31.5 Å². The van der Waals surface area contributed by atoms with Gasteiger partial charge >= 0.3 is 0 Å². The summed E-state index contributed by atoms with van der Waals surface area (Å²) in [6, 6.07) is 46.8. The second-order valence-electron chi connectivity index (χ2n) is 15.0. The number of hydrogen-bond donors (Lipinski definition) is 0. The fourth-order valence-electron chi connectivity index (χ4n) is 8.10. The topological polar surface area (TPSA) is 38.7 Å². The molecule has 0 saturated heterocycles. The molecule has 0 bridgehead atoms. The van der Waals surface area contributed by atoms with E-state index in [-0.39, 0.29) is 0 Å². The highest BCUT2D eigenvalue weighted by molar-refractivity contribution is 7.28. The largest absolute Gasteiger partial charge is 0.208 e. The molecule has 11 heteroatoms. The molecule has 0 N–H and O–H groups in total. The number of nitrogens with zero attached hydrogens (tertiary/aromatic N) is 3. The minimum Gasteiger partial charge on any atom is -0.208 e. The first-order chi connectivity index (χ1) is 27.2. The minimum atomic E-state index is 0.647. The van der Waals surface area contributed by atoms with Crippen molar-refractivity contribution in [1.29, 1.82) is 0 Å². The Bertz CT molecular complexity index is 2850. The lowest BCUT2D eigenvalue weighted by Crippen LogP contribution is -2.47. The van der Waals surface area contributed by atoms with Gasteiger partial charge in [-0.25, -0.2) is 15.0 Å². The molecule has 0 saturated carbocycles. The highest BCUT2D eigenvalue weighted by atomic mass is 32.1. The van der Waals surface area contributed by atoms with E-state index < -0.39 is 0 Å². The summed E-state index contributed by atoms with van der Waals surface area (Å²) in [6.07, 6.45) is 0. The van der Waals surface area contributed by atoms with Crippen molar-refractivity contribution in [3.63, 3.8) is 0 Å². The average Bonchev–Trinajstić information content (AvgIpc) is 3.66. The quantitative estimate of drug-likeness (QED) is 0.228. The summed E-state index contributed by atoms with van der Waals surface area (Å²) in [7, 11) is 16.0. The van der Waals surface area contributed by atoms with Gasteiger partial charge in [0.1, 0.15) is 54.9 Å². The molecule has 0 aliphatic carbocycles. The van der Waals surface area contributed by atoms with Crippen LogP contribution in [0.25, 0.3) is 87.7 Å². The van der Waals surface area contributed by atoms with Crippen LogP contribution in [0.15, 0.2) is 133 Å². The maximum Gasteiger partial charge on any atom is 0.164 e. The Morgan fingerprint density at radius 2 is 0.607 bits per heavy atom. The smallest absolute Gasteiger partial charge is 0.164 e. The molecule has 2 heterocycles. The summed E-state index contributed by atoms with van der Waals surface area (Å²) < 4.78 is 2.80. The molecular weight excluding hydrogens is 690 g/mol. The lowest BCUT2D eigenvalue weighted by Gasteiger charge is -2.18. The maximum absolute atomic E-state index is 5.11. The molecule has 3 nitrogen and oxygen atoms in total. The Kier molecular flexibility index (Phi) is 9.22. The van der Waals surface area contributed by atoms with Crippen molar-refractivity contribution in [1.82, 2.24) is 15.0 Å². The molecule has 258 valence electrons. The van der Waals surface area contributed by atoms with E-state index in [1.807, 2.05) is 23.5 Å². The van der Waals surface area contributed by atoms with Crippen molar-refractivity contribution >= 4 is 125 Å². The van der Waals surface area contributed by atoms with Crippen molar-refractivity contribution in [2.45, 2.75) is 0 Å². The molecule has 0 amide bonds. The first-order valence-electron chi connectivity index (χ1n) is 19.3. The van der Waals surface area contributed by atoms with Crippen LogP contribution >= 0.6 is 11.3 Å². The second kappa shape index (κ2) is 14.4. The zero-order chi connectivity index (χ0) is 38.7. The van der Waals surface area contributed by atoms with Crippen LogP contribution in [0.1, 0.15) is 0 Å². The predicted octanol–water partition coefficient (Wildman–Crippen LogP) is 0.0503. The van der Waals surface area contributed by atoms with Gasteiger partial charge in [0.2, 0.25) is 0 Å². The standard InChI is InChI=1S/C45H36B7N3S/c46-34-31(32-33-35(47)36(48)38(50)40(52)42(33)56-41(32)39(51)37(34)49)27-15-21-30(22-16-27)45-54-43(28-17-11-25(12-18-28)23-7-3-1-4-8-23)53-44(55-45)29-19-13-26(14-20-29)24-9-5-2-6-10-24/h1-22H,46-52H2. The van der Waals surface area contributed by atoms with Gasteiger partial charge in [0.15, 0.2) is 17.5 Å². The number of benzene rings is 7. The average molecular weight is 727 g/mol. The molecule has 0 aliphatic heterocycles. The minimum absolute atomic E-state index is 0.647. The number of rotatable bonds is 6. The molecule has 0 unspecified atom stereocenters. The summed E-state index contributed by atoms with van der Waals surface area (Å²) in [4.78, 5) is 15.3.